The number of anilines is 1. The molecule has 0 saturated heterocycles. The molecule has 5 heteroatoms. The van der Waals surface area contributed by atoms with Crippen LogP contribution < -0.4 is 10.9 Å². The topological polar surface area (TPSA) is 54.3 Å². The minimum absolute atomic E-state index is 0.330. The summed E-state index contributed by atoms with van der Waals surface area (Å²) in [6.07, 6.45) is 0. The SMILES string of the molecule is O=C(NNc1ccc(F)cc1)c1cccc2c1oc1ccccc12. The highest BCUT2D eigenvalue weighted by molar-refractivity contribution is 6.13. The Morgan fingerprint density at radius 2 is 1.62 bits per heavy atom. The third-order valence-electron chi connectivity index (χ3n) is 3.81. The number of amides is 1. The molecule has 0 aliphatic heterocycles. The van der Waals surface area contributed by atoms with Crippen molar-refractivity contribution in [2.75, 3.05) is 5.43 Å². The van der Waals surface area contributed by atoms with Crippen molar-refractivity contribution in [1.29, 1.82) is 0 Å². The van der Waals surface area contributed by atoms with E-state index in [0.29, 0.717) is 16.8 Å². The molecule has 3 aromatic carbocycles. The zero-order valence-electron chi connectivity index (χ0n) is 12.5. The van der Waals surface area contributed by atoms with Crippen LogP contribution in [-0.4, -0.2) is 5.91 Å². The second-order valence-electron chi connectivity index (χ2n) is 5.37. The molecule has 0 aliphatic rings. The van der Waals surface area contributed by atoms with Gasteiger partial charge in [-0.2, -0.15) is 0 Å². The summed E-state index contributed by atoms with van der Waals surface area (Å²) < 4.78 is 18.7. The Hall–Kier alpha value is -3.34. The number of hydrazine groups is 1. The quantitative estimate of drug-likeness (QED) is 0.547. The van der Waals surface area contributed by atoms with Gasteiger partial charge in [-0.3, -0.25) is 15.6 Å². The first kappa shape index (κ1) is 14.3. The van der Waals surface area contributed by atoms with Gasteiger partial charge >= 0.3 is 0 Å². The number of hydrogen-bond acceptors (Lipinski definition) is 3. The van der Waals surface area contributed by atoms with Gasteiger partial charge in [0, 0.05) is 10.8 Å². The summed E-state index contributed by atoms with van der Waals surface area (Å²) in [6.45, 7) is 0. The van der Waals surface area contributed by atoms with Crippen molar-refractivity contribution >= 4 is 33.5 Å². The Kier molecular flexibility index (Phi) is 3.39. The third-order valence-corrected chi connectivity index (χ3v) is 3.81. The number of rotatable bonds is 3. The molecule has 24 heavy (non-hydrogen) atoms. The number of hydrogen-bond donors (Lipinski definition) is 2. The second kappa shape index (κ2) is 5.70. The molecule has 0 spiro atoms. The maximum absolute atomic E-state index is 12.9. The Labute approximate surface area is 136 Å². The molecular formula is C19H13FN2O2. The van der Waals surface area contributed by atoms with E-state index >= 15 is 0 Å². The maximum atomic E-state index is 12.9. The van der Waals surface area contributed by atoms with E-state index in [0.717, 1.165) is 16.4 Å². The van der Waals surface area contributed by atoms with Gasteiger partial charge in [0.15, 0.2) is 0 Å². The standard InChI is InChI=1S/C19H13FN2O2/c20-12-8-10-13(11-9-12)21-22-19(23)16-6-3-5-15-14-4-1-2-7-17(14)24-18(15)16/h1-11,21H,(H,22,23). The summed E-state index contributed by atoms with van der Waals surface area (Å²) in [7, 11) is 0. The van der Waals surface area contributed by atoms with Crippen molar-refractivity contribution in [2.45, 2.75) is 0 Å². The van der Waals surface area contributed by atoms with Crippen LogP contribution in [0, 0.1) is 5.82 Å². The fraction of sp³-hybridized carbons (Fsp3) is 0. The highest BCUT2D eigenvalue weighted by Gasteiger charge is 2.15. The van der Waals surface area contributed by atoms with E-state index < -0.39 is 0 Å². The average Bonchev–Trinajstić information content (AvgIpc) is 2.99. The highest BCUT2D eigenvalue weighted by Crippen LogP contribution is 2.30. The van der Waals surface area contributed by atoms with Crippen LogP contribution in [0.1, 0.15) is 10.4 Å². The molecule has 4 nitrogen and oxygen atoms in total. The molecule has 0 fully saturated rings. The predicted molar refractivity (Wildman–Crippen MR) is 91.2 cm³/mol. The van der Waals surface area contributed by atoms with Gasteiger partial charge in [-0.05, 0) is 36.4 Å². The molecule has 0 radical (unpaired) electrons. The fourth-order valence-electron chi connectivity index (χ4n) is 2.66. The molecular weight excluding hydrogens is 307 g/mol. The molecule has 1 aromatic heterocycles. The molecule has 0 unspecified atom stereocenters. The largest absolute Gasteiger partial charge is 0.455 e. The molecule has 4 rings (SSSR count). The fourth-order valence-corrected chi connectivity index (χ4v) is 2.66. The van der Waals surface area contributed by atoms with Gasteiger partial charge in [-0.1, -0.05) is 30.3 Å². The maximum Gasteiger partial charge on any atom is 0.273 e. The zero-order valence-corrected chi connectivity index (χ0v) is 12.5. The summed E-state index contributed by atoms with van der Waals surface area (Å²) in [5.41, 5.74) is 7.65. The summed E-state index contributed by atoms with van der Waals surface area (Å²) >= 11 is 0. The minimum Gasteiger partial charge on any atom is -0.455 e. The van der Waals surface area contributed by atoms with Crippen LogP contribution >= 0.6 is 0 Å². The lowest BCUT2D eigenvalue weighted by Crippen LogP contribution is -2.29. The molecule has 1 amide bonds. The number of para-hydroxylation sites is 2. The number of nitrogens with one attached hydrogen (secondary N) is 2. The Bertz CT molecular complexity index is 1040. The average molecular weight is 320 g/mol. The lowest BCUT2D eigenvalue weighted by molar-refractivity contribution is 0.0963. The summed E-state index contributed by atoms with van der Waals surface area (Å²) in [5.74, 6) is -0.664. The van der Waals surface area contributed by atoms with Crippen LogP contribution in [0.3, 0.4) is 0 Å². The molecule has 4 aromatic rings. The molecule has 118 valence electrons. The van der Waals surface area contributed by atoms with Crippen molar-refractivity contribution < 1.29 is 13.6 Å². The van der Waals surface area contributed by atoms with E-state index in [1.54, 1.807) is 6.07 Å². The van der Waals surface area contributed by atoms with E-state index in [2.05, 4.69) is 10.9 Å². The molecule has 0 saturated carbocycles. The minimum atomic E-state index is -0.334. The smallest absolute Gasteiger partial charge is 0.273 e. The second-order valence-corrected chi connectivity index (χ2v) is 5.37. The van der Waals surface area contributed by atoms with Gasteiger partial charge in [0.05, 0.1) is 11.3 Å². The lowest BCUT2D eigenvalue weighted by Gasteiger charge is -2.08. The van der Waals surface area contributed by atoms with Gasteiger partial charge in [-0.25, -0.2) is 4.39 Å². The Morgan fingerprint density at radius 1 is 0.875 bits per heavy atom. The normalized spacial score (nSPS) is 10.9. The first-order valence-electron chi connectivity index (χ1n) is 7.44. The molecule has 1 heterocycles. The van der Waals surface area contributed by atoms with Crippen molar-refractivity contribution in [3.8, 4) is 0 Å². The number of halogens is 1. The van der Waals surface area contributed by atoms with E-state index in [9.17, 15) is 9.18 Å². The van der Waals surface area contributed by atoms with Crippen LogP contribution in [0.15, 0.2) is 71.1 Å². The van der Waals surface area contributed by atoms with Gasteiger partial charge in [0.2, 0.25) is 0 Å². The number of carbonyl (C=O) groups is 1. The zero-order chi connectivity index (χ0) is 16.5. The van der Waals surface area contributed by atoms with Crippen molar-refractivity contribution in [2.24, 2.45) is 0 Å². The van der Waals surface area contributed by atoms with Gasteiger partial charge in [0.25, 0.3) is 5.91 Å². The van der Waals surface area contributed by atoms with Gasteiger partial charge in [-0.15, -0.1) is 0 Å². The highest BCUT2D eigenvalue weighted by atomic mass is 19.1. The van der Waals surface area contributed by atoms with Crippen molar-refractivity contribution in [3.63, 3.8) is 0 Å². The molecule has 2 N–H and O–H groups in total. The lowest BCUT2D eigenvalue weighted by atomic mass is 10.1. The van der Waals surface area contributed by atoms with E-state index in [1.165, 1.54) is 24.3 Å². The van der Waals surface area contributed by atoms with Crippen LogP contribution in [0.4, 0.5) is 10.1 Å². The van der Waals surface area contributed by atoms with E-state index in [-0.39, 0.29) is 11.7 Å². The van der Waals surface area contributed by atoms with Crippen molar-refractivity contribution in [3.05, 3.63) is 78.1 Å². The van der Waals surface area contributed by atoms with Gasteiger partial charge in [0.1, 0.15) is 17.0 Å². The number of carbonyl (C=O) groups excluding carboxylic acids is 1. The van der Waals surface area contributed by atoms with Crippen LogP contribution in [0.2, 0.25) is 0 Å². The first-order valence-corrected chi connectivity index (χ1v) is 7.44. The third kappa shape index (κ3) is 2.46. The summed E-state index contributed by atoms with van der Waals surface area (Å²) in [5, 5.41) is 1.86. The van der Waals surface area contributed by atoms with E-state index in [4.69, 9.17) is 4.42 Å². The number of benzene rings is 3. The Balaban J connectivity index is 1.65. The van der Waals surface area contributed by atoms with E-state index in [1.807, 2.05) is 36.4 Å². The number of fused-ring (bicyclic) bond motifs is 3. The molecule has 0 atom stereocenters. The van der Waals surface area contributed by atoms with Gasteiger partial charge < -0.3 is 4.42 Å². The Morgan fingerprint density at radius 3 is 2.46 bits per heavy atom. The number of furan rings is 1. The summed E-state index contributed by atoms with van der Waals surface area (Å²) in [4.78, 5) is 12.5. The molecule has 0 bridgehead atoms. The van der Waals surface area contributed by atoms with Crippen molar-refractivity contribution in [1.82, 2.24) is 5.43 Å². The van der Waals surface area contributed by atoms with Crippen LogP contribution in [0.5, 0.6) is 0 Å². The molecule has 0 aliphatic carbocycles. The summed E-state index contributed by atoms with van der Waals surface area (Å²) in [6, 6.07) is 18.8. The van der Waals surface area contributed by atoms with Crippen LogP contribution in [0.25, 0.3) is 21.9 Å². The van der Waals surface area contributed by atoms with Crippen LogP contribution in [-0.2, 0) is 0 Å². The predicted octanol–water partition coefficient (Wildman–Crippen LogP) is 4.48. The monoisotopic (exact) mass is 320 g/mol. The first-order chi connectivity index (χ1) is 11.7.